The van der Waals surface area contributed by atoms with Gasteiger partial charge in [0.25, 0.3) is 11.6 Å². The van der Waals surface area contributed by atoms with Crippen LogP contribution in [0.4, 0.5) is 11.5 Å². The number of aromatic nitrogens is 2. The molecule has 0 atom stereocenters. The van der Waals surface area contributed by atoms with Crippen LogP contribution in [0.25, 0.3) is 11.3 Å². The Labute approximate surface area is 200 Å². The number of piperazine rings is 1. The molecule has 10 nitrogen and oxygen atoms in total. The van der Waals surface area contributed by atoms with Crippen molar-refractivity contribution in [3.8, 4) is 22.8 Å². The fourth-order valence-corrected chi connectivity index (χ4v) is 3.95. The van der Waals surface area contributed by atoms with Crippen molar-refractivity contribution in [2.75, 3.05) is 45.3 Å². The number of methoxy groups -OCH3 is 2. The van der Waals surface area contributed by atoms with E-state index < -0.39 is 4.92 Å². The van der Waals surface area contributed by atoms with Gasteiger partial charge in [-0.3, -0.25) is 14.9 Å². The zero-order valence-corrected chi connectivity index (χ0v) is 19.4. The van der Waals surface area contributed by atoms with Gasteiger partial charge in [0.2, 0.25) is 0 Å². The molecule has 1 fully saturated rings. The van der Waals surface area contributed by atoms with Gasteiger partial charge >= 0.3 is 0 Å². The first-order valence-corrected chi connectivity index (χ1v) is 10.8. The molecule has 2 heterocycles. The molecule has 4 rings (SSSR count). The summed E-state index contributed by atoms with van der Waals surface area (Å²) in [6.07, 6.45) is 0. The summed E-state index contributed by atoms with van der Waals surface area (Å²) in [4.78, 5) is 27.1. The molecule has 0 bridgehead atoms. The van der Waals surface area contributed by atoms with Crippen LogP contribution in [0.5, 0.6) is 11.5 Å². The molecule has 1 aliphatic heterocycles. The van der Waals surface area contributed by atoms with Gasteiger partial charge in [-0.25, -0.2) is 0 Å². The zero-order chi connectivity index (χ0) is 24.2. The van der Waals surface area contributed by atoms with Gasteiger partial charge in [-0.15, -0.1) is 10.2 Å². The molecule has 0 spiro atoms. The monoisotopic (exact) mass is 483 g/mol. The lowest BCUT2D eigenvalue weighted by Gasteiger charge is -2.35. The molecule has 1 saturated heterocycles. The second-order valence-corrected chi connectivity index (χ2v) is 7.95. The summed E-state index contributed by atoms with van der Waals surface area (Å²) in [6, 6.07) is 13.1. The van der Waals surface area contributed by atoms with Gasteiger partial charge < -0.3 is 19.3 Å². The molecule has 2 aromatic carbocycles. The number of hydrogen-bond acceptors (Lipinski definition) is 8. The van der Waals surface area contributed by atoms with Gasteiger partial charge in [0, 0.05) is 43.9 Å². The average molecular weight is 484 g/mol. The van der Waals surface area contributed by atoms with E-state index in [9.17, 15) is 14.9 Å². The summed E-state index contributed by atoms with van der Waals surface area (Å²) in [5, 5.41) is 20.0. The van der Waals surface area contributed by atoms with E-state index in [-0.39, 0.29) is 22.2 Å². The number of hydrogen-bond donors (Lipinski definition) is 0. The van der Waals surface area contributed by atoms with E-state index >= 15 is 0 Å². The van der Waals surface area contributed by atoms with E-state index in [1.807, 2.05) is 35.2 Å². The predicted molar refractivity (Wildman–Crippen MR) is 127 cm³/mol. The van der Waals surface area contributed by atoms with Gasteiger partial charge in [-0.2, -0.15) is 0 Å². The smallest absolute Gasteiger partial charge is 0.270 e. The highest BCUT2D eigenvalue weighted by molar-refractivity contribution is 6.33. The third kappa shape index (κ3) is 4.72. The van der Waals surface area contributed by atoms with Crippen molar-refractivity contribution in [1.82, 2.24) is 15.1 Å². The Morgan fingerprint density at radius 3 is 2.38 bits per heavy atom. The van der Waals surface area contributed by atoms with Crippen molar-refractivity contribution in [1.29, 1.82) is 0 Å². The molecule has 176 valence electrons. The van der Waals surface area contributed by atoms with E-state index in [4.69, 9.17) is 21.1 Å². The fraction of sp³-hybridized carbons (Fsp3) is 0.261. The number of amides is 1. The summed E-state index contributed by atoms with van der Waals surface area (Å²) in [7, 11) is 3.19. The minimum atomic E-state index is -0.547. The summed E-state index contributed by atoms with van der Waals surface area (Å²) < 4.78 is 10.7. The summed E-state index contributed by atoms with van der Waals surface area (Å²) in [5.41, 5.74) is 1.37. The maximum atomic E-state index is 12.9. The van der Waals surface area contributed by atoms with Crippen molar-refractivity contribution in [2.24, 2.45) is 0 Å². The Balaban J connectivity index is 1.45. The van der Waals surface area contributed by atoms with Crippen molar-refractivity contribution < 1.29 is 19.2 Å². The van der Waals surface area contributed by atoms with E-state index in [0.29, 0.717) is 49.2 Å². The maximum Gasteiger partial charge on any atom is 0.270 e. The molecule has 0 N–H and O–H groups in total. The van der Waals surface area contributed by atoms with E-state index in [0.717, 1.165) is 5.56 Å². The third-order valence-corrected chi connectivity index (χ3v) is 5.94. The quantitative estimate of drug-likeness (QED) is 0.385. The lowest BCUT2D eigenvalue weighted by molar-refractivity contribution is -0.384. The van der Waals surface area contributed by atoms with Crippen LogP contribution in [-0.4, -0.2) is 66.3 Å². The first kappa shape index (κ1) is 23.2. The van der Waals surface area contributed by atoms with Crippen LogP contribution in [0.1, 0.15) is 10.4 Å². The van der Waals surface area contributed by atoms with Gasteiger partial charge in [0.1, 0.15) is 11.5 Å². The fourth-order valence-electron chi connectivity index (χ4n) is 3.75. The van der Waals surface area contributed by atoms with Crippen molar-refractivity contribution in [2.45, 2.75) is 0 Å². The molecule has 0 unspecified atom stereocenters. The molecule has 1 aliphatic rings. The van der Waals surface area contributed by atoms with Crippen LogP contribution >= 0.6 is 11.6 Å². The highest BCUT2D eigenvalue weighted by Gasteiger charge is 2.26. The summed E-state index contributed by atoms with van der Waals surface area (Å²) >= 11 is 6.13. The second kappa shape index (κ2) is 9.92. The molecule has 0 aliphatic carbocycles. The molecule has 34 heavy (non-hydrogen) atoms. The molecular formula is C23H22ClN5O5. The van der Waals surface area contributed by atoms with Crippen molar-refractivity contribution in [3.63, 3.8) is 0 Å². The number of benzene rings is 2. The Bertz CT molecular complexity index is 1210. The minimum Gasteiger partial charge on any atom is -0.497 e. The van der Waals surface area contributed by atoms with Crippen molar-refractivity contribution >= 4 is 29.0 Å². The van der Waals surface area contributed by atoms with Gasteiger partial charge in [-0.05, 0) is 36.4 Å². The topological polar surface area (TPSA) is 111 Å². The largest absolute Gasteiger partial charge is 0.497 e. The van der Waals surface area contributed by atoms with Crippen LogP contribution < -0.4 is 14.4 Å². The Kier molecular flexibility index (Phi) is 6.78. The maximum absolute atomic E-state index is 12.9. The van der Waals surface area contributed by atoms with Crippen LogP contribution in [0, 0.1) is 10.1 Å². The number of carbonyl (C=O) groups is 1. The van der Waals surface area contributed by atoms with Crippen molar-refractivity contribution in [3.05, 3.63) is 69.2 Å². The molecule has 1 amide bonds. The third-order valence-electron chi connectivity index (χ3n) is 5.62. The molecule has 0 saturated carbocycles. The SMILES string of the molecule is COc1ccc(OC)c(-c2ccc(N3CCN(C(=O)c4cc([N+](=O)[O-])ccc4Cl)CC3)nn2)c1. The Morgan fingerprint density at radius 1 is 1.00 bits per heavy atom. The Morgan fingerprint density at radius 2 is 1.76 bits per heavy atom. The van der Waals surface area contributed by atoms with Gasteiger partial charge in [0.15, 0.2) is 5.82 Å². The predicted octanol–water partition coefficient (Wildman–Crippen LogP) is 3.68. The molecule has 11 heteroatoms. The standard InChI is InChI=1S/C23H22ClN5O5/c1-33-16-4-7-21(34-2)18(14-16)20-6-8-22(26-25-20)27-9-11-28(12-10-27)23(30)17-13-15(29(31)32)3-5-19(17)24/h3-8,13-14H,9-12H2,1-2H3. The number of nitrogens with zero attached hydrogens (tertiary/aromatic N) is 5. The highest BCUT2D eigenvalue weighted by Crippen LogP contribution is 2.32. The van der Waals surface area contributed by atoms with Gasteiger partial charge in [0.05, 0.1) is 35.4 Å². The van der Waals surface area contributed by atoms with Crippen LogP contribution in [0.15, 0.2) is 48.5 Å². The van der Waals surface area contributed by atoms with Crippen LogP contribution in [0.2, 0.25) is 5.02 Å². The average Bonchev–Trinajstić information content (AvgIpc) is 2.88. The number of halogens is 1. The van der Waals surface area contributed by atoms with E-state index in [2.05, 4.69) is 10.2 Å². The lowest BCUT2D eigenvalue weighted by atomic mass is 10.1. The number of non-ortho nitro benzene ring substituents is 1. The van der Waals surface area contributed by atoms with Gasteiger partial charge in [-0.1, -0.05) is 11.6 Å². The molecule has 3 aromatic rings. The first-order chi connectivity index (χ1) is 16.4. The zero-order valence-electron chi connectivity index (χ0n) is 18.6. The van der Waals surface area contributed by atoms with Crippen LogP contribution in [-0.2, 0) is 0 Å². The number of rotatable bonds is 6. The molecule has 1 aromatic heterocycles. The van der Waals surface area contributed by atoms with E-state index in [1.54, 1.807) is 19.1 Å². The highest BCUT2D eigenvalue weighted by atomic mass is 35.5. The number of nitro groups is 1. The summed E-state index contributed by atoms with van der Waals surface area (Å²) in [5.74, 6) is 1.70. The number of anilines is 1. The normalized spacial score (nSPS) is 13.5. The van der Waals surface area contributed by atoms with E-state index in [1.165, 1.54) is 18.2 Å². The second-order valence-electron chi connectivity index (χ2n) is 7.54. The first-order valence-electron chi connectivity index (χ1n) is 10.5. The summed E-state index contributed by atoms with van der Waals surface area (Å²) in [6.45, 7) is 1.92. The minimum absolute atomic E-state index is 0.126. The number of carbonyl (C=O) groups excluding carboxylic acids is 1. The molecule has 0 radical (unpaired) electrons. The number of nitro benzene ring substituents is 1. The number of ether oxygens (including phenoxy) is 2. The lowest BCUT2D eigenvalue weighted by Crippen LogP contribution is -2.49. The molecular weight excluding hydrogens is 462 g/mol. The van der Waals surface area contributed by atoms with Crippen LogP contribution in [0.3, 0.4) is 0 Å². The Hall–Kier alpha value is -3.92.